The SMILES string of the molecule is CC(C)c1ccc2c(-c3n[nH]c(C4CC4)n3)ncn2c1. The van der Waals surface area contributed by atoms with Crippen LogP contribution < -0.4 is 0 Å². The Balaban J connectivity index is 1.78. The summed E-state index contributed by atoms with van der Waals surface area (Å²) in [4.78, 5) is 9.06. The summed E-state index contributed by atoms with van der Waals surface area (Å²) < 4.78 is 2.05. The van der Waals surface area contributed by atoms with Gasteiger partial charge in [-0.25, -0.2) is 9.97 Å². The Morgan fingerprint density at radius 3 is 2.90 bits per heavy atom. The molecule has 1 saturated carbocycles. The standard InChI is InChI=1S/C15H17N5/c1-9(2)11-5-6-12-13(16-8-20(12)7-11)15-17-14(18-19-15)10-3-4-10/h5-10H,3-4H2,1-2H3,(H,17,18,19). The van der Waals surface area contributed by atoms with Gasteiger partial charge in [-0.3, -0.25) is 5.10 Å². The molecule has 5 nitrogen and oxygen atoms in total. The number of nitrogens with zero attached hydrogens (tertiary/aromatic N) is 4. The molecule has 5 heteroatoms. The highest BCUT2D eigenvalue weighted by Crippen LogP contribution is 2.38. The summed E-state index contributed by atoms with van der Waals surface area (Å²) in [5.41, 5.74) is 3.20. The van der Waals surface area contributed by atoms with Crippen molar-refractivity contribution < 1.29 is 0 Å². The molecule has 4 rings (SSSR count). The molecule has 1 N–H and O–H groups in total. The summed E-state index contributed by atoms with van der Waals surface area (Å²) in [6.45, 7) is 4.38. The fraction of sp³-hybridized carbons (Fsp3) is 0.400. The van der Waals surface area contributed by atoms with Gasteiger partial charge in [-0.2, -0.15) is 5.10 Å². The molecule has 0 aliphatic heterocycles. The first-order valence-electron chi connectivity index (χ1n) is 7.11. The normalized spacial score (nSPS) is 15.3. The molecule has 0 unspecified atom stereocenters. The third kappa shape index (κ3) is 1.81. The van der Waals surface area contributed by atoms with E-state index in [1.54, 1.807) is 0 Å². The van der Waals surface area contributed by atoms with E-state index in [9.17, 15) is 0 Å². The van der Waals surface area contributed by atoms with E-state index in [1.807, 2.05) is 6.33 Å². The van der Waals surface area contributed by atoms with Crippen LogP contribution in [0.15, 0.2) is 24.7 Å². The lowest BCUT2D eigenvalue weighted by Gasteiger charge is -2.05. The molecule has 1 fully saturated rings. The predicted octanol–water partition coefficient (Wildman–Crippen LogP) is 3.12. The zero-order valence-electron chi connectivity index (χ0n) is 11.7. The summed E-state index contributed by atoms with van der Waals surface area (Å²) >= 11 is 0. The highest BCUT2D eigenvalue weighted by Gasteiger charge is 2.27. The number of hydrogen-bond acceptors (Lipinski definition) is 3. The third-order valence-electron chi connectivity index (χ3n) is 3.90. The monoisotopic (exact) mass is 267 g/mol. The predicted molar refractivity (Wildman–Crippen MR) is 76.6 cm³/mol. The summed E-state index contributed by atoms with van der Waals surface area (Å²) in [5.74, 6) is 2.79. The van der Waals surface area contributed by atoms with Gasteiger partial charge >= 0.3 is 0 Å². The number of rotatable bonds is 3. The smallest absolute Gasteiger partial charge is 0.202 e. The van der Waals surface area contributed by atoms with Crippen LogP contribution in [0.5, 0.6) is 0 Å². The molecule has 0 amide bonds. The van der Waals surface area contributed by atoms with Gasteiger partial charge in [-0.1, -0.05) is 19.9 Å². The Morgan fingerprint density at radius 2 is 2.15 bits per heavy atom. The summed E-state index contributed by atoms with van der Waals surface area (Å²) in [6, 6.07) is 4.25. The van der Waals surface area contributed by atoms with Crippen molar-refractivity contribution in [3.63, 3.8) is 0 Å². The van der Waals surface area contributed by atoms with Crippen LogP contribution in [0.25, 0.3) is 17.0 Å². The van der Waals surface area contributed by atoms with Crippen LogP contribution in [0.3, 0.4) is 0 Å². The zero-order valence-corrected chi connectivity index (χ0v) is 11.7. The van der Waals surface area contributed by atoms with Crippen molar-refractivity contribution >= 4 is 5.52 Å². The first-order chi connectivity index (χ1) is 9.72. The maximum absolute atomic E-state index is 4.58. The fourth-order valence-electron chi connectivity index (χ4n) is 2.45. The van der Waals surface area contributed by atoms with Crippen LogP contribution in [0.2, 0.25) is 0 Å². The first kappa shape index (κ1) is 11.6. The second-order valence-corrected chi connectivity index (χ2v) is 5.82. The topological polar surface area (TPSA) is 58.9 Å². The highest BCUT2D eigenvalue weighted by molar-refractivity contribution is 5.72. The lowest BCUT2D eigenvalue weighted by molar-refractivity contribution is 0.853. The Kier molecular flexibility index (Phi) is 2.42. The molecular formula is C15H17N5. The number of imidazole rings is 1. The van der Waals surface area contributed by atoms with Crippen molar-refractivity contribution in [2.24, 2.45) is 0 Å². The Morgan fingerprint density at radius 1 is 1.30 bits per heavy atom. The van der Waals surface area contributed by atoms with Crippen LogP contribution in [-0.4, -0.2) is 24.6 Å². The minimum Gasteiger partial charge on any atom is -0.305 e. The van der Waals surface area contributed by atoms with Crippen molar-refractivity contribution in [2.75, 3.05) is 0 Å². The number of H-pyrrole nitrogens is 1. The van der Waals surface area contributed by atoms with Gasteiger partial charge in [0, 0.05) is 12.1 Å². The first-order valence-corrected chi connectivity index (χ1v) is 7.11. The zero-order chi connectivity index (χ0) is 13.7. The van der Waals surface area contributed by atoms with Gasteiger partial charge < -0.3 is 4.40 Å². The van der Waals surface area contributed by atoms with Gasteiger partial charge in [-0.15, -0.1) is 0 Å². The number of aromatic amines is 1. The molecule has 102 valence electrons. The number of pyridine rings is 1. The Hall–Kier alpha value is -2.17. The molecule has 3 aromatic heterocycles. The number of aromatic nitrogens is 5. The maximum atomic E-state index is 4.58. The van der Waals surface area contributed by atoms with Crippen LogP contribution in [-0.2, 0) is 0 Å². The van der Waals surface area contributed by atoms with Crippen LogP contribution in [0.4, 0.5) is 0 Å². The minimum absolute atomic E-state index is 0.509. The molecule has 20 heavy (non-hydrogen) atoms. The van der Waals surface area contributed by atoms with Crippen molar-refractivity contribution in [2.45, 2.75) is 38.5 Å². The minimum atomic E-state index is 0.509. The quantitative estimate of drug-likeness (QED) is 0.793. The molecule has 0 bridgehead atoms. The number of hydrogen-bond donors (Lipinski definition) is 1. The molecule has 1 aliphatic rings. The van der Waals surface area contributed by atoms with Gasteiger partial charge in [0.25, 0.3) is 0 Å². The van der Waals surface area contributed by atoms with Crippen molar-refractivity contribution in [3.05, 3.63) is 36.0 Å². The van der Waals surface area contributed by atoms with E-state index in [1.165, 1.54) is 18.4 Å². The molecule has 0 atom stereocenters. The van der Waals surface area contributed by atoms with E-state index < -0.39 is 0 Å². The Bertz CT molecular complexity index is 764. The van der Waals surface area contributed by atoms with E-state index in [2.05, 4.69) is 56.7 Å². The molecule has 1 aliphatic carbocycles. The average Bonchev–Trinajstić information content (AvgIpc) is 3.03. The van der Waals surface area contributed by atoms with E-state index in [0.717, 1.165) is 17.0 Å². The van der Waals surface area contributed by atoms with Crippen LogP contribution in [0, 0.1) is 0 Å². The second kappa shape index (κ2) is 4.16. The van der Waals surface area contributed by atoms with Crippen LogP contribution >= 0.6 is 0 Å². The van der Waals surface area contributed by atoms with E-state index >= 15 is 0 Å². The second-order valence-electron chi connectivity index (χ2n) is 5.82. The van der Waals surface area contributed by atoms with Gasteiger partial charge in [0.15, 0.2) is 0 Å². The van der Waals surface area contributed by atoms with Crippen molar-refractivity contribution in [1.29, 1.82) is 0 Å². The lowest BCUT2D eigenvalue weighted by Crippen LogP contribution is -1.91. The van der Waals surface area contributed by atoms with E-state index in [-0.39, 0.29) is 0 Å². The van der Waals surface area contributed by atoms with E-state index in [4.69, 9.17) is 0 Å². The molecule has 0 spiro atoms. The third-order valence-corrected chi connectivity index (χ3v) is 3.90. The highest BCUT2D eigenvalue weighted by atomic mass is 15.2. The van der Waals surface area contributed by atoms with Crippen LogP contribution in [0.1, 0.15) is 49.9 Å². The molecule has 0 saturated heterocycles. The average molecular weight is 267 g/mol. The van der Waals surface area contributed by atoms with Gasteiger partial charge in [0.1, 0.15) is 17.8 Å². The summed E-state index contributed by atoms with van der Waals surface area (Å²) in [6.07, 6.45) is 6.40. The maximum Gasteiger partial charge on any atom is 0.202 e. The molecule has 0 radical (unpaired) electrons. The van der Waals surface area contributed by atoms with Gasteiger partial charge in [0.05, 0.1) is 5.52 Å². The lowest BCUT2D eigenvalue weighted by atomic mass is 10.1. The molecule has 3 heterocycles. The molecular weight excluding hydrogens is 250 g/mol. The number of nitrogens with one attached hydrogen (secondary N) is 1. The Labute approximate surface area is 117 Å². The largest absolute Gasteiger partial charge is 0.305 e. The summed E-state index contributed by atoms with van der Waals surface area (Å²) in [7, 11) is 0. The number of fused-ring (bicyclic) bond motifs is 1. The van der Waals surface area contributed by atoms with Crippen molar-refractivity contribution in [3.8, 4) is 11.5 Å². The van der Waals surface area contributed by atoms with E-state index in [0.29, 0.717) is 17.7 Å². The van der Waals surface area contributed by atoms with Gasteiger partial charge in [-0.05, 0) is 30.4 Å². The van der Waals surface area contributed by atoms with Crippen molar-refractivity contribution in [1.82, 2.24) is 24.6 Å². The molecule has 0 aromatic carbocycles. The molecule has 3 aromatic rings. The van der Waals surface area contributed by atoms with Gasteiger partial charge in [0.2, 0.25) is 5.82 Å². The summed E-state index contributed by atoms with van der Waals surface area (Å²) in [5, 5.41) is 7.36. The fourth-order valence-corrected chi connectivity index (χ4v) is 2.45.